The van der Waals surface area contributed by atoms with Crippen LogP contribution in [-0.4, -0.2) is 49.8 Å². The van der Waals surface area contributed by atoms with E-state index in [2.05, 4.69) is 15.0 Å². The molecule has 0 unspecified atom stereocenters. The van der Waals surface area contributed by atoms with Crippen LogP contribution in [0.3, 0.4) is 0 Å². The lowest BCUT2D eigenvalue weighted by atomic mass is 9.97. The van der Waals surface area contributed by atoms with Crippen molar-refractivity contribution in [3.63, 3.8) is 0 Å². The van der Waals surface area contributed by atoms with Crippen LogP contribution in [0.5, 0.6) is 0 Å². The third-order valence-electron chi connectivity index (χ3n) is 4.88. The van der Waals surface area contributed by atoms with Crippen molar-refractivity contribution in [3.8, 4) is 0 Å². The molecule has 1 aromatic heterocycles. The van der Waals surface area contributed by atoms with E-state index >= 15 is 0 Å². The first-order chi connectivity index (χ1) is 13.8. The highest BCUT2D eigenvalue weighted by Crippen LogP contribution is 2.20. The minimum Gasteiger partial charge on any atom is -0.339 e. The molecule has 1 fully saturated rings. The molecule has 0 bridgehead atoms. The fourth-order valence-electron chi connectivity index (χ4n) is 3.25. The zero-order valence-corrected chi connectivity index (χ0v) is 17.0. The van der Waals surface area contributed by atoms with Crippen molar-refractivity contribution in [2.75, 3.05) is 25.0 Å². The Morgan fingerprint density at radius 1 is 1.07 bits per heavy atom. The Hall–Kier alpha value is -2.78. The van der Waals surface area contributed by atoms with Gasteiger partial charge in [0, 0.05) is 50.2 Å². The third-order valence-corrected chi connectivity index (χ3v) is 6.32. The van der Waals surface area contributed by atoms with Crippen LogP contribution in [0.4, 0.5) is 5.69 Å². The summed E-state index contributed by atoms with van der Waals surface area (Å²) < 4.78 is 27.6. The predicted molar refractivity (Wildman–Crippen MR) is 109 cm³/mol. The number of hydrogen-bond acceptors (Lipinski definition) is 5. The van der Waals surface area contributed by atoms with E-state index in [1.165, 1.54) is 19.1 Å². The summed E-state index contributed by atoms with van der Waals surface area (Å²) in [5, 5.41) is 2.60. The molecule has 1 aromatic carbocycles. The van der Waals surface area contributed by atoms with Gasteiger partial charge in [-0.05, 0) is 55.2 Å². The third kappa shape index (κ3) is 5.61. The summed E-state index contributed by atoms with van der Waals surface area (Å²) in [7, 11) is -3.63. The number of carbonyl (C=O) groups excluding carboxylic acids is 2. The molecular weight excluding hydrogens is 392 g/mol. The number of rotatable bonds is 6. The van der Waals surface area contributed by atoms with Gasteiger partial charge in [0.25, 0.3) is 5.91 Å². The van der Waals surface area contributed by atoms with Gasteiger partial charge in [-0.2, -0.15) is 0 Å². The highest BCUT2D eigenvalue weighted by Gasteiger charge is 2.25. The van der Waals surface area contributed by atoms with Gasteiger partial charge in [-0.3, -0.25) is 14.6 Å². The fourth-order valence-corrected chi connectivity index (χ4v) is 4.36. The Kier molecular flexibility index (Phi) is 6.60. The molecule has 2 heterocycles. The maximum Gasteiger partial charge on any atom is 0.253 e. The smallest absolute Gasteiger partial charge is 0.253 e. The molecule has 8 nitrogen and oxygen atoms in total. The van der Waals surface area contributed by atoms with E-state index in [1.807, 2.05) is 0 Å². The molecule has 0 atom stereocenters. The van der Waals surface area contributed by atoms with Crippen molar-refractivity contribution in [2.45, 2.75) is 24.7 Å². The number of amides is 2. The lowest BCUT2D eigenvalue weighted by Gasteiger charge is -2.32. The quantitative estimate of drug-likeness (QED) is 0.747. The SMILES string of the molecule is CC(=O)Nc1ccc(S(=O)(=O)NCC2CCN(C(=O)c3ccncc3)CC2)cc1. The standard InChI is InChI=1S/C20H24N4O4S/c1-15(25)23-18-2-4-19(5-3-18)29(27,28)22-14-16-8-12-24(13-9-16)20(26)17-6-10-21-11-7-17/h2-7,10-11,16,22H,8-9,12-14H2,1H3,(H,23,25). The maximum atomic E-state index is 12.5. The summed E-state index contributed by atoms with van der Waals surface area (Å²) in [5.74, 6) is -0.0666. The number of pyridine rings is 1. The first-order valence-electron chi connectivity index (χ1n) is 9.42. The molecule has 154 valence electrons. The van der Waals surface area contributed by atoms with Gasteiger partial charge in [0.1, 0.15) is 0 Å². The average molecular weight is 417 g/mol. The number of hydrogen-bond donors (Lipinski definition) is 2. The second-order valence-corrected chi connectivity index (χ2v) is 8.80. The van der Waals surface area contributed by atoms with Crippen LogP contribution in [0.1, 0.15) is 30.1 Å². The first kappa shape index (κ1) is 20.9. The van der Waals surface area contributed by atoms with Gasteiger partial charge in [-0.15, -0.1) is 0 Å². The molecule has 2 amide bonds. The Morgan fingerprint density at radius 3 is 2.28 bits per heavy atom. The first-order valence-corrected chi connectivity index (χ1v) is 10.9. The van der Waals surface area contributed by atoms with Gasteiger partial charge in [0.2, 0.25) is 15.9 Å². The van der Waals surface area contributed by atoms with Crippen LogP contribution in [0.15, 0.2) is 53.7 Å². The van der Waals surface area contributed by atoms with E-state index in [0.29, 0.717) is 30.9 Å². The number of piperidine rings is 1. The number of likely N-dealkylation sites (tertiary alicyclic amines) is 1. The molecule has 3 rings (SSSR count). The summed E-state index contributed by atoms with van der Waals surface area (Å²) in [6.45, 7) is 2.91. The molecule has 2 N–H and O–H groups in total. The monoisotopic (exact) mass is 416 g/mol. The second-order valence-electron chi connectivity index (χ2n) is 7.03. The van der Waals surface area contributed by atoms with Crippen molar-refractivity contribution in [3.05, 3.63) is 54.4 Å². The van der Waals surface area contributed by atoms with Crippen LogP contribution >= 0.6 is 0 Å². The molecule has 0 saturated carbocycles. The van der Waals surface area contributed by atoms with Crippen molar-refractivity contribution in [1.29, 1.82) is 0 Å². The van der Waals surface area contributed by atoms with E-state index in [0.717, 1.165) is 12.8 Å². The van der Waals surface area contributed by atoms with E-state index in [4.69, 9.17) is 0 Å². The highest BCUT2D eigenvalue weighted by molar-refractivity contribution is 7.89. The van der Waals surface area contributed by atoms with Crippen LogP contribution in [0, 0.1) is 5.92 Å². The molecule has 0 radical (unpaired) electrons. The predicted octanol–water partition coefficient (Wildman–Crippen LogP) is 1.87. The largest absolute Gasteiger partial charge is 0.339 e. The molecule has 29 heavy (non-hydrogen) atoms. The second kappa shape index (κ2) is 9.15. The Morgan fingerprint density at radius 2 is 1.69 bits per heavy atom. The maximum absolute atomic E-state index is 12.5. The fraction of sp³-hybridized carbons (Fsp3) is 0.350. The summed E-state index contributed by atoms with van der Waals surface area (Å²) in [6, 6.07) is 9.42. The van der Waals surface area contributed by atoms with Crippen LogP contribution < -0.4 is 10.0 Å². The number of sulfonamides is 1. The van der Waals surface area contributed by atoms with E-state index in [9.17, 15) is 18.0 Å². The lowest BCUT2D eigenvalue weighted by Crippen LogP contribution is -2.41. The number of nitrogens with one attached hydrogen (secondary N) is 2. The molecule has 1 aliphatic rings. The average Bonchev–Trinajstić information content (AvgIpc) is 2.73. The summed E-state index contributed by atoms with van der Waals surface area (Å²) >= 11 is 0. The van der Waals surface area contributed by atoms with Crippen molar-refractivity contribution >= 4 is 27.5 Å². The van der Waals surface area contributed by atoms with Crippen molar-refractivity contribution < 1.29 is 18.0 Å². The van der Waals surface area contributed by atoms with Gasteiger partial charge < -0.3 is 10.2 Å². The van der Waals surface area contributed by atoms with Crippen LogP contribution in [-0.2, 0) is 14.8 Å². The Labute approximate surface area is 170 Å². The lowest BCUT2D eigenvalue weighted by molar-refractivity contribution is -0.114. The number of nitrogens with zero attached hydrogens (tertiary/aromatic N) is 2. The molecule has 1 saturated heterocycles. The van der Waals surface area contributed by atoms with Gasteiger partial charge in [-0.1, -0.05) is 0 Å². The molecule has 2 aromatic rings. The van der Waals surface area contributed by atoms with E-state index in [-0.39, 0.29) is 22.6 Å². The van der Waals surface area contributed by atoms with Gasteiger partial charge in [0.15, 0.2) is 0 Å². The normalized spacial score (nSPS) is 15.1. The van der Waals surface area contributed by atoms with Crippen LogP contribution in [0.2, 0.25) is 0 Å². The van der Waals surface area contributed by atoms with Crippen molar-refractivity contribution in [1.82, 2.24) is 14.6 Å². The van der Waals surface area contributed by atoms with E-state index < -0.39 is 10.0 Å². The van der Waals surface area contributed by atoms with E-state index in [1.54, 1.807) is 41.6 Å². The summed E-state index contributed by atoms with van der Waals surface area (Å²) in [6.07, 6.45) is 4.66. The molecule has 1 aliphatic heterocycles. The zero-order chi connectivity index (χ0) is 20.9. The Balaban J connectivity index is 1.50. The topological polar surface area (TPSA) is 108 Å². The van der Waals surface area contributed by atoms with Crippen molar-refractivity contribution in [2.24, 2.45) is 5.92 Å². The number of carbonyl (C=O) groups is 2. The van der Waals surface area contributed by atoms with Gasteiger partial charge in [0.05, 0.1) is 4.90 Å². The zero-order valence-electron chi connectivity index (χ0n) is 16.2. The number of aromatic nitrogens is 1. The Bertz CT molecular complexity index is 954. The molecule has 0 aliphatic carbocycles. The van der Waals surface area contributed by atoms with Gasteiger partial charge in [-0.25, -0.2) is 13.1 Å². The van der Waals surface area contributed by atoms with Gasteiger partial charge >= 0.3 is 0 Å². The number of benzene rings is 1. The summed E-state index contributed by atoms with van der Waals surface area (Å²) in [5.41, 5.74) is 1.16. The molecule has 9 heteroatoms. The minimum atomic E-state index is -3.63. The summed E-state index contributed by atoms with van der Waals surface area (Å²) in [4.78, 5) is 29.4. The highest BCUT2D eigenvalue weighted by atomic mass is 32.2. The van der Waals surface area contributed by atoms with Crippen LogP contribution in [0.25, 0.3) is 0 Å². The molecular formula is C20H24N4O4S. The number of anilines is 1. The minimum absolute atomic E-state index is 0.0225. The molecule has 0 spiro atoms.